The van der Waals surface area contributed by atoms with Crippen molar-refractivity contribution in [1.29, 1.82) is 0 Å². The number of carbonyl (C=O) groups is 2. The van der Waals surface area contributed by atoms with E-state index in [1.54, 1.807) is 0 Å². The molecule has 8 heteroatoms. The van der Waals surface area contributed by atoms with Gasteiger partial charge in [0.15, 0.2) is 0 Å². The number of anilines is 1. The summed E-state index contributed by atoms with van der Waals surface area (Å²) in [5.74, 6) is -0.930. The first-order valence-electron chi connectivity index (χ1n) is 6.95. The highest BCUT2D eigenvalue weighted by molar-refractivity contribution is 5.90. The number of aromatic nitrogens is 2. The van der Waals surface area contributed by atoms with Crippen molar-refractivity contribution in [2.24, 2.45) is 11.8 Å². The maximum atomic E-state index is 11.9. The molecule has 0 radical (unpaired) electrons. The summed E-state index contributed by atoms with van der Waals surface area (Å²) in [4.78, 5) is 24.8. The smallest absolute Gasteiger partial charge is 0.322 e. The van der Waals surface area contributed by atoms with Gasteiger partial charge in [-0.1, -0.05) is 25.9 Å². The van der Waals surface area contributed by atoms with Crippen LogP contribution in [-0.2, 0) is 9.59 Å². The summed E-state index contributed by atoms with van der Waals surface area (Å²) in [7, 11) is 0. The molecule has 0 aromatic carbocycles. The van der Waals surface area contributed by atoms with Crippen LogP contribution in [0.2, 0.25) is 0 Å². The highest BCUT2D eigenvalue weighted by atomic mass is 16.4. The Morgan fingerprint density at radius 2 is 2.14 bits per heavy atom. The van der Waals surface area contributed by atoms with Crippen LogP contribution in [0, 0.1) is 11.8 Å². The molecule has 2 heterocycles. The third kappa shape index (κ3) is 3.78. The molecule has 1 aromatic heterocycles. The summed E-state index contributed by atoms with van der Waals surface area (Å²) in [6.45, 7) is 6.79. The lowest BCUT2D eigenvalue weighted by molar-refractivity contribution is -0.142. The lowest BCUT2D eigenvalue weighted by Crippen LogP contribution is -2.32. The Kier molecular flexibility index (Phi) is 4.56. The zero-order chi connectivity index (χ0) is 15.6. The number of rotatable bonds is 5. The van der Waals surface area contributed by atoms with Crippen molar-refractivity contribution in [3.63, 3.8) is 0 Å². The Morgan fingerprint density at radius 3 is 2.67 bits per heavy atom. The third-order valence-electron chi connectivity index (χ3n) is 3.55. The minimum absolute atomic E-state index is 0.0336. The van der Waals surface area contributed by atoms with Crippen LogP contribution >= 0.6 is 0 Å². The Balaban J connectivity index is 1.86. The molecule has 2 N–H and O–H groups in total. The number of carbonyl (C=O) groups excluding carboxylic acids is 1. The summed E-state index contributed by atoms with van der Waals surface area (Å²) < 4.78 is 5.29. The maximum absolute atomic E-state index is 11.9. The number of likely N-dealkylation sites (tertiary alicyclic amines) is 1. The van der Waals surface area contributed by atoms with E-state index in [1.807, 2.05) is 25.7 Å². The van der Waals surface area contributed by atoms with Crippen molar-refractivity contribution in [3.05, 3.63) is 5.89 Å². The van der Waals surface area contributed by atoms with Crippen molar-refractivity contribution in [3.8, 4) is 0 Å². The lowest BCUT2D eigenvalue weighted by atomic mass is 9.99. The predicted octanol–water partition coefficient (Wildman–Crippen LogP) is 0.784. The van der Waals surface area contributed by atoms with Gasteiger partial charge in [0, 0.05) is 19.0 Å². The average molecular weight is 296 g/mol. The van der Waals surface area contributed by atoms with E-state index in [2.05, 4.69) is 15.5 Å². The first kappa shape index (κ1) is 15.4. The number of hydrogen-bond donors (Lipinski definition) is 2. The van der Waals surface area contributed by atoms with Crippen LogP contribution in [0.5, 0.6) is 0 Å². The topological polar surface area (TPSA) is 109 Å². The summed E-state index contributed by atoms with van der Waals surface area (Å²) in [5, 5.41) is 19.2. The molecule has 0 bridgehead atoms. The highest BCUT2D eigenvalue weighted by Crippen LogP contribution is 2.23. The Bertz CT molecular complexity index is 528. The van der Waals surface area contributed by atoms with Gasteiger partial charge in [0.1, 0.15) is 0 Å². The van der Waals surface area contributed by atoms with Gasteiger partial charge in [-0.3, -0.25) is 19.8 Å². The van der Waals surface area contributed by atoms with Crippen molar-refractivity contribution in [2.45, 2.75) is 26.7 Å². The quantitative estimate of drug-likeness (QED) is 0.826. The molecule has 2 atom stereocenters. The second-order valence-electron chi connectivity index (χ2n) is 5.76. The van der Waals surface area contributed by atoms with Crippen LogP contribution in [0.4, 0.5) is 6.01 Å². The molecule has 2 unspecified atom stereocenters. The molecule has 0 saturated carbocycles. The molecule has 1 amide bonds. The standard InChI is InChI=1S/C13H20N4O4/c1-7(2)11-15-16-13(21-11)14-10(18)6-17-4-8(3)9(5-17)12(19)20/h7-9H,4-6H2,1-3H3,(H,19,20)(H,14,16,18). The highest BCUT2D eigenvalue weighted by Gasteiger charge is 2.35. The Morgan fingerprint density at radius 1 is 1.43 bits per heavy atom. The second-order valence-corrected chi connectivity index (χ2v) is 5.76. The minimum Gasteiger partial charge on any atom is -0.481 e. The van der Waals surface area contributed by atoms with Crippen LogP contribution in [0.1, 0.15) is 32.6 Å². The molecule has 1 aliphatic heterocycles. The van der Waals surface area contributed by atoms with Gasteiger partial charge in [-0.05, 0) is 5.92 Å². The maximum Gasteiger partial charge on any atom is 0.322 e. The number of hydrogen-bond acceptors (Lipinski definition) is 6. The second kappa shape index (κ2) is 6.21. The average Bonchev–Trinajstić information content (AvgIpc) is 2.96. The van der Waals surface area contributed by atoms with Crippen LogP contribution in [0.3, 0.4) is 0 Å². The van der Waals surface area contributed by atoms with Gasteiger partial charge in [-0.25, -0.2) is 0 Å². The summed E-state index contributed by atoms with van der Waals surface area (Å²) in [6, 6.07) is 0.0747. The molecular formula is C13H20N4O4. The van der Waals surface area contributed by atoms with E-state index in [1.165, 1.54) is 0 Å². The molecule has 1 aromatic rings. The molecule has 116 valence electrons. The van der Waals surface area contributed by atoms with E-state index >= 15 is 0 Å². The van der Waals surface area contributed by atoms with E-state index in [0.717, 1.165) is 0 Å². The number of nitrogens with one attached hydrogen (secondary N) is 1. The molecule has 1 fully saturated rings. The summed E-state index contributed by atoms with van der Waals surface area (Å²) >= 11 is 0. The van der Waals surface area contributed by atoms with Gasteiger partial charge < -0.3 is 9.52 Å². The fourth-order valence-electron chi connectivity index (χ4n) is 2.40. The SMILES string of the molecule is CC(C)c1nnc(NC(=O)CN2CC(C)C(C(=O)O)C2)o1. The van der Waals surface area contributed by atoms with E-state index in [-0.39, 0.29) is 30.3 Å². The molecule has 0 aliphatic carbocycles. The van der Waals surface area contributed by atoms with Crippen molar-refractivity contribution in [2.75, 3.05) is 25.0 Å². The molecule has 0 spiro atoms. The van der Waals surface area contributed by atoms with Crippen LogP contribution in [-0.4, -0.2) is 51.7 Å². The summed E-state index contributed by atoms with van der Waals surface area (Å²) in [6.07, 6.45) is 0. The number of amides is 1. The molecular weight excluding hydrogens is 276 g/mol. The molecule has 1 saturated heterocycles. The largest absolute Gasteiger partial charge is 0.481 e. The predicted molar refractivity (Wildman–Crippen MR) is 73.7 cm³/mol. The number of aliphatic carboxylic acids is 1. The number of carboxylic acid groups (broad SMARTS) is 1. The van der Waals surface area contributed by atoms with E-state index in [4.69, 9.17) is 9.52 Å². The minimum atomic E-state index is -0.816. The monoisotopic (exact) mass is 296 g/mol. The molecule has 1 aliphatic rings. The van der Waals surface area contributed by atoms with Gasteiger partial charge in [0.05, 0.1) is 12.5 Å². The van der Waals surface area contributed by atoms with Crippen LogP contribution < -0.4 is 5.32 Å². The molecule has 2 rings (SSSR count). The van der Waals surface area contributed by atoms with Gasteiger partial charge in [-0.15, -0.1) is 5.10 Å². The number of carboxylic acids is 1. The number of nitrogens with zero attached hydrogens (tertiary/aromatic N) is 3. The van der Waals surface area contributed by atoms with Gasteiger partial charge in [0.2, 0.25) is 11.8 Å². The zero-order valence-electron chi connectivity index (χ0n) is 12.4. The molecule has 21 heavy (non-hydrogen) atoms. The van der Waals surface area contributed by atoms with E-state index in [9.17, 15) is 9.59 Å². The van der Waals surface area contributed by atoms with Crippen molar-refractivity contribution in [1.82, 2.24) is 15.1 Å². The Labute approximate surface area is 122 Å². The normalized spacial score (nSPS) is 22.7. The van der Waals surface area contributed by atoms with Crippen molar-refractivity contribution >= 4 is 17.9 Å². The fraction of sp³-hybridized carbons (Fsp3) is 0.692. The fourth-order valence-corrected chi connectivity index (χ4v) is 2.40. The van der Waals surface area contributed by atoms with Crippen molar-refractivity contribution < 1.29 is 19.1 Å². The Hall–Kier alpha value is -1.96. The zero-order valence-corrected chi connectivity index (χ0v) is 12.4. The first-order valence-corrected chi connectivity index (χ1v) is 6.95. The van der Waals surface area contributed by atoms with Crippen LogP contribution in [0.25, 0.3) is 0 Å². The molecule has 8 nitrogen and oxygen atoms in total. The van der Waals surface area contributed by atoms with Gasteiger partial charge in [-0.2, -0.15) is 0 Å². The van der Waals surface area contributed by atoms with E-state index in [0.29, 0.717) is 19.0 Å². The van der Waals surface area contributed by atoms with E-state index < -0.39 is 11.9 Å². The van der Waals surface area contributed by atoms with Gasteiger partial charge in [0.25, 0.3) is 0 Å². The summed E-state index contributed by atoms with van der Waals surface area (Å²) in [5.41, 5.74) is 0. The van der Waals surface area contributed by atoms with Crippen LogP contribution in [0.15, 0.2) is 4.42 Å². The lowest BCUT2D eigenvalue weighted by Gasteiger charge is -2.13. The third-order valence-corrected chi connectivity index (χ3v) is 3.55. The first-order chi connectivity index (χ1) is 9.86. The van der Waals surface area contributed by atoms with Gasteiger partial charge >= 0.3 is 12.0 Å².